The third kappa shape index (κ3) is 2.73. The molecule has 2 atom stereocenters. The van der Waals surface area contributed by atoms with Gasteiger partial charge in [0.2, 0.25) is 0 Å². The molecule has 19 heavy (non-hydrogen) atoms. The van der Waals surface area contributed by atoms with Crippen molar-refractivity contribution in [2.45, 2.75) is 27.7 Å². The molecule has 0 fully saturated rings. The number of esters is 1. The van der Waals surface area contributed by atoms with Gasteiger partial charge in [0.25, 0.3) is 0 Å². The van der Waals surface area contributed by atoms with E-state index in [0.717, 1.165) is 0 Å². The molecule has 1 aliphatic rings. The first-order valence-electron chi connectivity index (χ1n) is 6.83. The van der Waals surface area contributed by atoms with Gasteiger partial charge >= 0.3 is 5.97 Å². The van der Waals surface area contributed by atoms with Crippen molar-refractivity contribution < 1.29 is 9.53 Å². The van der Waals surface area contributed by atoms with E-state index < -0.39 is 0 Å². The molecule has 2 nitrogen and oxygen atoms in total. The summed E-state index contributed by atoms with van der Waals surface area (Å²) < 4.78 is 5.46. The zero-order chi connectivity index (χ0) is 14.0. The summed E-state index contributed by atoms with van der Waals surface area (Å²) in [4.78, 5) is 11.9. The van der Waals surface area contributed by atoms with Crippen LogP contribution in [0.15, 0.2) is 42.0 Å². The van der Waals surface area contributed by atoms with E-state index in [1.54, 1.807) is 12.1 Å². The predicted molar refractivity (Wildman–Crippen MR) is 76.9 cm³/mol. The van der Waals surface area contributed by atoms with E-state index in [1.165, 1.54) is 5.57 Å². The Morgan fingerprint density at radius 2 is 1.89 bits per heavy atom. The summed E-state index contributed by atoms with van der Waals surface area (Å²) in [6, 6.07) is 9.16. The molecule has 2 unspecified atom stereocenters. The van der Waals surface area contributed by atoms with Crippen molar-refractivity contribution in [3.05, 3.63) is 47.5 Å². The summed E-state index contributed by atoms with van der Waals surface area (Å²) in [6.45, 7) is 9.34. The van der Waals surface area contributed by atoms with Crippen LogP contribution in [0.1, 0.15) is 38.1 Å². The van der Waals surface area contributed by atoms with Crippen molar-refractivity contribution in [3.63, 3.8) is 0 Å². The molecule has 1 aromatic carbocycles. The maximum absolute atomic E-state index is 11.9. The molecule has 0 aliphatic heterocycles. The Balaban J connectivity index is 1.99. The Kier molecular flexibility index (Phi) is 3.79. The normalized spacial score (nSPS) is 24.9. The second-order valence-corrected chi connectivity index (χ2v) is 6.02. The van der Waals surface area contributed by atoms with E-state index in [4.69, 9.17) is 4.74 Å². The monoisotopic (exact) mass is 258 g/mol. The van der Waals surface area contributed by atoms with Crippen LogP contribution in [0, 0.1) is 17.3 Å². The quantitative estimate of drug-likeness (QED) is 0.603. The van der Waals surface area contributed by atoms with Gasteiger partial charge in [0, 0.05) is 5.92 Å². The summed E-state index contributed by atoms with van der Waals surface area (Å²) >= 11 is 0. The Morgan fingerprint density at radius 3 is 2.42 bits per heavy atom. The van der Waals surface area contributed by atoms with Crippen LogP contribution in [0.4, 0.5) is 0 Å². The topological polar surface area (TPSA) is 26.3 Å². The first kappa shape index (κ1) is 13.9. The van der Waals surface area contributed by atoms with Crippen molar-refractivity contribution in [2.75, 3.05) is 6.61 Å². The van der Waals surface area contributed by atoms with E-state index in [1.807, 2.05) is 18.2 Å². The molecule has 0 saturated heterocycles. The van der Waals surface area contributed by atoms with Crippen LogP contribution in [0.5, 0.6) is 0 Å². The summed E-state index contributed by atoms with van der Waals surface area (Å²) in [5.74, 6) is 0.602. The number of rotatable bonds is 3. The lowest BCUT2D eigenvalue weighted by atomic mass is 9.74. The first-order chi connectivity index (χ1) is 8.93. The van der Waals surface area contributed by atoms with Crippen molar-refractivity contribution >= 4 is 5.97 Å². The summed E-state index contributed by atoms with van der Waals surface area (Å²) in [7, 11) is 0. The predicted octanol–water partition coefficient (Wildman–Crippen LogP) is 4.08. The van der Waals surface area contributed by atoms with Gasteiger partial charge in [-0.1, -0.05) is 50.6 Å². The van der Waals surface area contributed by atoms with Crippen LogP contribution >= 0.6 is 0 Å². The number of allylic oxidation sites excluding steroid dienone is 1. The van der Waals surface area contributed by atoms with E-state index in [0.29, 0.717) is 24.0 Å². The molecule has 1 aromatic rings. The second-order valence-electron chi connectivity index (χ2n) is 6.02. The smallest absolute Gasteiger partial charge is 0.338 e. The maximum Gasteiger partial charge on any atom is 0.338 e. The highest BCUT2D eigenvalue weighted by Crippen LogP contribution is 2.46. The second kappa shape index (κ2) is 5.20. The molecule has 0 heterocycles. The Morgan fingerprint density at radius 1 is 1.26 bits per heavy atom. The molecule has 2 heteroatoms. The van der Waals surface area contributed by atoms with E-state index in [9.17, 15) is 4.79 Å². The molecule has 2 rings (SSSR count). The number of hydrogen-bond acceptors (Lipinski definition) is 2. The molecule has 0 spiro atoms. The van der Waals surface area contributed by atoms with Gasteiger partial charge in [-0.2, -0.15) is 0 Å². The Labute approximate surface area is 115 Å². The maximum atomic E-state index is 11.9. The average molecular weight is 258 g/mol. The zero-order valence-electron chi connectivity index (χ0n) is 12.1. The van der Waals surface area contributed by atoms with Gasteiger partial charge in [-0.25, -0.2) is 4.79 Å². The van der Waals surface area contributed by atoms with E-state index >= 15 is 0 Å². The average Bonchev–Trinajstić information content (AvgIpc) is 2.60. The highest BCUT2D eigenvalue weighted by Gasteiger charge is 2.40. The lowest BCUT2D eigenvalue weighted by molar-refractivity contribution is 0.0362. The number of hydrogen-bond donors (Lipinski definition) is 0. The zero-order valence-corrected chi connectivity index (χ0v) is 12.1. The fourth-order valence-electron chi connectivity index (χ4n) is 2.67. The lowest BCUT2D eigenvalue weighted by Crippen LogP contribution is -2.29. The summed E-state index contributed by atoms with van der Waals surface area (Å²) in [5, 5.41) is 0. The van der Waals surface area contributed by atoms with Gasteiger partial charge in [0.05, 0.1) is 12.2 Å². The van der Waals surface area contributed by atoms with Gasteiger partial charge in [-0.05, 0) is 30.4 Å². The van der Waals surface area contributed by atoms with Crippen LogP contribution in [-0.4, -0.2) is 12.6 Å². The highest BCUT2D eigenvalue weighted by atomic mass is 16.5. The molecule has 0 N–H and O–H groups in total. The number of benzene rings is 1. The van der Waals surface area contributed by atoms with Crippen LogP contribution in [0.2, 0.25) is 0 Å². The lowest BCUT2D eigenvalue weighted by Gasteiger charge is -2.31. The largest absolute Gasteiger partial charge is 0.461 e. The number of ether oxygens (including phenoxy) is 1. The van der Waals surface area contributed by atoms with Crippen molar-refractivity contribution in [2.24, 2.45) is 17.3 Å². The van der Waals surface area contributed by atoms with Crippen LogP contribution in [0.25, 0.3) is 0 Å². The molecular weight excluding hydrogens is 236 g/mol. The fourth-order valence-corrected chi connectivity index (χ4v) is 2.67. The number of carbonyl (C=O) groups is 1. The van der Waals surface area contributed by atoms with Gasteiger partial charge < -0.3 is 4.74 Å². The van der Waals surface area contributed by atoms with Crippen molar-refractivity contribution in [3.8, 4) is 0 Å². The van der Waals surface area contributed by atoms with Crippen molar-refractivity contribution in [1.82, 2.24) is 0 Å². The third-order valence-corrected chi connectivity index (χ3v) is 4.62. The van der Waals surface area contributed by atoms with E-state index in [-0.39, 0.29) is 11.4 Å². The van der Waals surface area contributed by atoms with Crippen LogP contribution < -0.4 is 0 Å². The van der Waals surface area contributed by atoms with Gasteiger partial charge in [-0.15, -0.1) is 0 Å². The molecule has 0 bridgehead atoms. The minimum absolute atomic E-state index is 0.154. The third-order valence-electron chi connectivity index (χ3n) is 4.62. The molecule has 0 aromatic heterocycles. The molecule has 1 aliphatic carbocycles. The van der Waals surface area contributed by atoms with Crippen molar-refractivity contribution in [1.29, 1.82) is 0 Å². The molecular formula is C17H22O2. The Hall–Kier alpha value is -1.57. The first-order valence-corrected chi connectivity index (χ1v) is 6.83. The van der Waals surface area contributed by atoms with Gasteiger partial charge in [0.15, 0.2) is 0 Å². The molecule has 0 amide bonds. The highest BCUT2D eigenvalue weighted by molar-refractivity contribution is 5.89. The van der Waals surface area contributed by atoms with E-state index in [2.05, 4.69) is 33.8 Å². The van der Waals surface area contributed by atoms with Gasteiger partial charge in [-0.3, -0.25) is 0 Å². The SMILES string of the molecule is CC1=CC(COC(=O)c2ccccc2)C(C)(C)C1C. The minimum Gasteiger partial charge on any atom is -0.461 e. The summed E-state index contributed by atoms with van der Waals surface area (Å²) in [5.41, 5.74) is 2.17. The number of carbonyl (C=O) groups excluding carboxylic acids is 1. The molecule has 0 radical (unpaired) electrons. The minimum atomic E-state index is -0.234. The standard InChI is InChI=1S/C17H22O2/c1-12-10-15(17(3,4)13(12)2)11-19-16(18)14-8-6-5-7-9-14/h5-10,13,15H,11H2,1-4H3. The summed E-state index contributed by atoms with van der Waals surface area (Å²) in [6.07, 6.45) is 2.25. The van der Waals surface area contributed by atoms with Crippen LogP contribution in [0.3, 0.4) is 0 Å². The Bertz CT molecular complexity index is 485. The van der Waals surface area contributed by atoms with Crippen LogP contribution in [-0.2, 0) is 4.74 Å². The molecule has 102 valence electrons. The molecule has 0 saturated carbocycles. The fraction of sp³-hybridized carbons (Fsp3) is 0.471. The van der Waals surface area contributed by atoms with Gasteiger partial charge in [0.1, 0.15) is 0 Å².